The molecule has 2 atom stereocenters. The average Bonchev–Trinajstić information content (AvgIpc) is 3.04. The van der Waals surface area contributed by atoms with E-state index in [1.165, 1.54) is 39.2 Å². The summed E-state index contributed by atoms with van der Waals surface area (Å²) in [5.74, 6) is 0.410. The molecule has 176 valence electrons. The predicted octanol–water partition coefficient (Wildman–Crippen LogP) is 6.42. The van der Waals surface area contributed by atoms with Crippen LogP contribution in [0.25, 0.3) is 33.6 Å². The highest BCUT2D eigenvalue weighted by atomic mass is 15.1. The molecule has 0 aliphatic carbocycles. The first-order valence-electron chi connectivity index (χ1n) is 13.0. The summed E-state index contributed by atoms with van der Waals surface area (Å²) in [5, 5.41) is 9.55. The smallest absolute Gasteiger partial charge is 0.192 e. The van der Waals surface area contributed by atoms with Gasteiger partial charge in [-0.1, -0.05) is 48.5 Å². The van der Waals surface area contributed by atoms with Gasteiger partial charge < -0.3 is 0 Å². The minimum absolute atomic E-state index is 0.317. The largest absolute Gasteiger partial charge is 0.223 e. The number of fused-ring (bicyclic) bond motifs is 9. The van der Waals surface area contributed by atoms with Gasteiger partial charge in [-0.3, -0.25) is 0 Å². The quantitative estimate of drug-likeness (QED) is 0.256. The lowest BCUT2D eigenvalue weighted by Gasteiger charge is -2.28. The highest BCUT2D eigenvalue weighted by molar-refractivity contribution is 5.83. The van der Waals surface area contributed by atoms with E-state index in [4.69, 9.17) is 0 Å². The first-order valence-corrected chi connectivity index (χ1v) is 13.0. The van der Waals surface area contributed by atoms with Crippen LogP contribution >= 0.6 is 0 Å². The van der Waals surface area contributed by atoms with Crippen LogP contribution in [0.1, 0.15) is 35.1 Å². The molecule has 4 heterocycles. The second kappa shape index (κ2) is 8.84. The van der Waals surface area contributed by atoms with Crippen LogP contribution in [0.15, 0.2) is 116 Å². The van der Waals surface area contributed by atoms with Crippen molar-refractivity contribution in [3.8, 4) is 39.7 Å². The predicted molar refractivity (Wildman–Crippen MR) is 144 cm³/mol. The maximum absolute atomic E-state index is 9.55. The van der Waals surface area contributed by atoms with E-state index in [1.807, 2.05) is 18.2 Å². The molecule has 2 unspecified atom stereocenters. The number of benzene rings is 3. The molecule has 0 amide bonds. The monoisotopic (exact) mass is 477 g/mol. The third kappa shape index (κ3) is 3.57. The molecule has 0 saturated carbocycles. The third-order valence-corrected chi connectivity index (χ3v) is 8.11. The molecule has 3 nitrogen and oxygen atoms in total. The SMILES string of the molecule is N#Cc1cccc(-c2cccc3c2-c2cccc[n+]2CC2C(CC3)c3ccccc3-c3cccc[n+]32)c1. The lowest BCUT2D eigenvalue weighted by atomic mass is 9.79. The molecule has 0 N–H and O–H groups in total. The first-order chi connectivity index (χ1) is 18.3. The fourth-order valence-corrected chi connectivity index (χ4v) is 6.47. The van der Waals surface area contributed by atoms with Gasteiger partial charge in [-0.05, 0) is 65.4 Å². The third-order valence-electron chi connectivity index (χ3n) is 8.11. The van der Waals surface area contributed by atoms with Gasteiger partial charge in [-0.25, -0.2) is 0 Å². The molecule has 2 aliphatic heterocycles. The molecule has 0 saturated heterocycles. The molecule has 5 aromatic rings. The zero-order chi connectivity index (χ0) is 24.8. The summed E-state index contributed by atoms with van der Waals surface area (Å²) in [6.07, 6.45) is 6.56. The van der Waals surface area contributed by atoms with E-state index in [0.29, 0.717) is 17.5 Å². The van der Waals surface area contributed by atoms with Gasteiger partial charge in [0.1, 0.15) is 0 Å². The number of nitriles is 1. The van der Waals surface area contributed by atoms with Crippen molar-refractivity contribution < 1.29 is 9.13 Å². The van der Waals surface area contributed by atoms with E-state index < -0.39 is 0 Å². The number of hydrogen-bond donors (Lipinski definition) is 0. The maximum atomic E-state index is 9.55. The molecule has 0 bridgehead atoms. The van der Waals surface area contributed by atoms with Crippen LogP contribution in [-0.4, -0.2) is 0 Å². The summed E-state index contributed by atoms with van der Waals surface area (Å²) < 4.78 is 4.95. The normalized spacial score (nSPS) is 17.4. The van der Waals surface area contributed by atoms with Crippen molar-refractivity contribution in [2.45, 2.75) is 31.3 Å². The first kappa shape index (κ1) is 21.7. The highest BCUT2D eigenvalue weighted by Gasteiger charge is 2.43. The van der Waals surface area contributed by atoms with Gasteiger partial charge in [0.15, 0.2) is 12.4 Å². The Morgan fingerprint density at radius 3 is 2.43 bits per heavy atom. The molecule has 7 rings (SSSR count). The Hall–Kier alpha value is -4.55. The molecular weight excluding hydrogens is 450 g/mol. The number of aryl methyl sites for hydroxylation is 1. The molecule has 2 aromatic heterocycles. The zero-order valence-electron chi connectivity index (χ0n) is 20.6. The number of nitrogens with zero attached hydrogens (tertiary/aromatic N) is 3. The van der Waals surface area contributed by atoms with Crippen LogP contribution in [0.3, 0.4) is 0 Å². The van der Waals surface area contributed by atoms with Gasteiger partial charge in [0, 0.05) is 29.8 Å². The molecule has 0 radical (unpaired) electrons. The van der Waals surface area contributed by atoms with Gasteiger partial charge in [0.25, 0.3) is 0 Å². The second-order valence-electron chi connectivity index (χ2n) is 10.1. The molecule has 2 aliphatic rings. The second-order valence-corrected chi connectivity index (χ2v) is 10.1. The fourth-order valence-electron chi connectivity index (χ4n) is 6.47. The van der Waals surface area contributed by atoms with Gasteiger partial charge in [0.05, 0.1) is 23.1 Å². The topological polar surface area (TPSA) is 31.5 Å². The minimum atomic E-state index is 0.317. The summed E-state index contributed by atoms with van der Waals surface area (Å²) in [7, 11) is 0. The van der Waals surface area contributed by atoms with Crippen LogP contribution in [0.4, 0.5) is 0 Å². The molecule has 3 aromatic carbocycles. The molecule has 37 heavy (non-hydrogen) atoms. The number of rotatable bonds is 1. The maximum Gasteiger partial charge on any atom is 0.223 e. The van der Waals surface area contributed by atoms with Crippen molar-refractivity contribution in [1.29, 1.82) is 5.26 Å². The Bertz CT molecular complexity index is 1690. The van der Waals surface area contributed by atoms with E-state index in [2.05, 4.69) is 113 Å². The van der Waals surface area contributed by atoms with Crippen LogP contribution in [-0.2, 0) is 13.0 Å². The van der Waals surface area contributed by atoms with Crippen molar-refractivity contribution in [2.24, 2.45) is 0 Å². The Labute approximate surface area is 217 Å². The molecular formula is C34H27N3+2. The lowest BCUT2D eigenvalue weighted by Crippen LogP contribution is -2.54. The summed E-state index contributed by atoms with van der Waals surface area (Å²) in [5.41, 5.74) is 10.9. The number of pyridine rings is 2. The Kier molecular flexibility index (Phi) is 5.18. The van der Waals surface area contributed by atoms with Crippen molar-refractivity contribution in [3.63, 3.8) is 0 Å². The van der Waals surface area contributed by atoms with Gasteiger partial charge in [0.2, 0.25) is 24.0 Å². The number of hydrogen-bond acceptors (Lipinski definition) is 1. The average molecular weight is 478 g/mol. The Morgan fingerprint density at radius 1 is 0.730 bits per heavy atom. The summed E-state index contributed by atoms with van der Waals surface area (Å²) in [4.78, 5) is 0. The standard InChI is InChI=1S/C34H27N3/c35-22-24-9-7-11-26(21-24)27-14-8-10-25-17-18-30-28-12-1-2-13-29(28)31-15-4-6-20-37(31)33(30)23-36-19-5-3-16-32(36)34(25)27/h1-16,19-21,30,33H,17-18,23H2/q+2. The van der Waals surface area contributed by atoms with Gasteiger partial charge in [-0.15, -0.1) is 0 Å². The molecule has 3 heteroatoms. The van der Waals surface area contributed by atoms with E-state index >= 15 is 0 Å². The summed E-state index contributed by atoms with van der Waals surface area (Å²) >= 11 is 0. The van der Waals surface area contributed by atoms with Crippen molar-refractivity contribution in [1.82, 2.24) is 0 Å². The highest BCUT2D eigenvalue weighted by Crippen LogP contribution is 2.43. The summed E-state index contributed by atoms with van der Waals surface area (Å²) in [6.45, 7) is 0.892. The Balaban J connectivity index is 1.46. The van der Waals surface area contributed by atoms with Crippen LogP contribution in [0, 0.1) is 11.3 Å². The summed E-state index contributed by atoms with van der Waals surface area (Å²) in [6, 6.07) is 39.4. The van der Waals surface area contributed by atoms with Gasteiger partial charge in [-0.2, -0.15) is 14.4 Å². The van der Waals surface area contributed by atoms with Crippen molar-refractivity contribution >= 4 is 0 Å². The number of aromatic nitrogens is 2. The zero-order valence-corrected chi connectivity index (χ0v) is 20.6. The fraction of sp³-hybridized carbons (Fsp3) is 0.147. The van der Waals surface area contributed by atoms with Crippen molar-refractivity contribution in [3.05, 3.63) is 132 Å². The minimum Gasteiger partial charge on any atom is -0.192 e. The van der Waals surface area contributed by atoms with Gasteiger partial charge >= 0.3 is 0 Å². The van der Waals surface area contributed by atoms with Crippen LogP contribution in [0.5, 0.6) is 0 Å². The molecule has 0 spiro atoms. The van der Waals surface area contributed by atoms with E-state index in [1.54, 1.807) is 0 Å². The van der Waals surface area contributed by atoms with E-state index in [-0.39, 0.29) is 0 Å². The van der Waals surface area contributed by atoms with Crippen LogP contribution in [0.2, 0.25) is 0 Å². The van der Waals surface area contributed by atoms with Crippen molar-refractivity contribution in [2.75, 3.05) is 0 Å². The van der Waals surface area contributed by atoms with E-state index in [0.717, 1.165) is 24.9 Å². The van der Waals surface area contributed by atoms with Crippen LogP contribution < -0.4 is 9.13 Å². The lowest BCUT2D eigenvalue weighted by molar-refractivity contribution is -0.792. The molecule has 0 fully saturated rings. The Morgan fingerprint density at radius 2 is 1.51 bits per heavy atom. The van der Waals surface area contributed by atoms with E-state index in [9.17, 15) is 5.26 Å².